The van der Waals surface area contributed by atoms with Crippen molar-refractivity contribution in [2.24, 2.45) is 0 Å². The Morgan fingerprint density at radius 2 is 2.12 bits per heavy atom. The highest BCUT2D eigenvalue weighted by Crippen LogP contribution is 2.24. The normalized spacial score (nSPS) is 12.5. The fourth-order valence-corrected chi connectivity index (χ4v) is 1.76. The fourth-order valence-electron chi connectivity index (χ4n) is 1.55. The zero-order valence-electron chi connectivity index (χ0n) is 9.99. The van der Waals surface area contributed by atoms with Crippen molar-refractivity contribution >= 4 is 17.4 Å². The summed E-state index contributed by atoms with van der Waals surface area (Å²) in [4.78, 5) is 8.43. The Balaban J connectivity index is 2.24. The van der Waals surface area contributed by atoms with E-state index in [2.05, 4.69) is 15.3 Å². The van der Waals surface area contributed by atoms with E-state index in [0.29, 0.717) is 11.0 Å². The van der Waals surface area contributed by atoms with Crippen molar-refractivity contribution in [2.75, 3.05) is 5.32 Å². The van der Waals surface area contributed by atoms with Crippen LogP contribution in [0.15, 0.2) is 22.8 Å². The number of aryl methyl sites for hydroxylation is 1. The van der Waals surface area contributed by atoms with Crippen LogP contribution in [0.4, 0.5) is 5.82 Å². The number of aromatic nitrogens is 2. The molecule has 0 saturated carbocycles. The minimum absolute atomic E-state index is 0.0362. The van der Waals surface area contributed by atoms with Crippen molar-refractivity contribution in [3.63, 3.8) is 0 Å². The number of halogens is 1. The van der Waals surface area contributed by atoms with E-state index < -0.39 is 0 Å². The molecule has 0 aliphatic rings. The summed E-state index contributed by atoms with van der Waals surface area (Å²) in [6.07, 6.45) is 1.65. The summed E-state index contributed by atoms with van der Waals surface area (Å²) < 4.78 is 5.33. The highest BCUT2D eigenvalue weighted by molar-refractivity contribution is 6.30. The van der Waals surface area contributed by atoms with Crippen LogP contribution < -0.4 is 5.32 Å². The maximum Gasteiger partial charge on any atom is 0.137 e. The predicted molar refractivity (Wildman–Crippen MR) is 67.3 cm³/mol. The van der Waals surface area contributed by atoms with Gasteiger partial charge in [0.15, 0.2) is 0 Å². The molecule has 2 heterocycles. The van der Waals surface area contributed by atoms with Gasteiger partial charge < -0.3 is 9.73 Å². The molecule has 0 aliphatic carbocycles. The Morgan fingerprint density at radius 3 is 2.76 bits per heavy atom. The summed E-state index contributed by atoms with van der Waals surface area (Å²) >= 11 is 6.01. The van der Waals surface area contributed by atoms with Crippen LogP contribution in [0.5, 0.6) is 0 Å². The van der Waals surface area contributed by atoms with Crippen molar-refractivity contribution in [2.45, 2.75) is 26.8 Å². The molecule has 0 bridgehead atoms. The summed E-state index contributed by atoms with van der Waals surface area (Å²) in [6.45, 7) is 5.71. The second-order valence-electron chi connectivity index (χ2n) is 3.92. The van der Waals surface area contributed by atoms with Crippen LogP contribution in [0.1, 0.15) is 30.1 Å². The van der Waals surface area contributed by atoms with Gasteiger partial charge in [0.25, 0.3) is 0 Å². The van der Waals surface area contributed by atoms with Crippen molar-refractivity contribution < 1.29 is 4.42 Å². The van der Waals surface area contributed by atoms with E-state index in [1.807, 2.05) is 32.9 Å². The lowest BCUT2D eigenvalue weighted by atomic mass is 10.2. The van der Waals surface area contributed by atoms with Gasteiger partial charge in [0, 0.05) is 5.56 Å². The predicted octanol–water partition coefficient (Wildman–Crippen LogP) is 3.51. The smallest absolute Gasteiger partial charge is 0.137 e. The van der Waals surface area contributed by atoms with E-state index in [9.17, 15) is 0 Å². The number of hydrogen-bond acceptors (Lipinski definition) is 4. The summed E-state index contributed by atoms with van der Waals surface area (Å²) in [6, 6.07) is 3.82. The minimum Gasteiger partial charge on any atom is -0.467 e. The molecule has 17 heavy (non-hydrogen) atoms. The monoisotopic (exact) mass is 251 g/mol. The Morgan fingerprint density at radius 1 is 1.35 bits per heavy atom. The summed E-state index contributed by atoms with van der Waals surface area (Å²) in [5.74, 6) is 2.25. The molecule has 90 valence electrons. The second kappa shape index (κ2) is 4.75. The van der Waals surface area contributed by atoms with Crippen LogP contribution in [0, 0.1) is 13.8 Å². The van der Waals surface area contributed by atoms with E-state index in [-0.39, 0.29) is 6.04 Å². The quantitative estimate of drug-likeness (QED) is 0.848. The Bertz CT molecular complexity index is 511. The number of hydrogen-bond donors (Lipinski definition) is 1. The maximum atomic E-state index is 6.01. The molecule has 4 nitrogen and oxygen atoms in total. The molecule has 1 N–H and O–H groups in total. The molecule has 0 amide bonds. The third kappa shape index (κ3) is 2.58. The van der Waals surface area contributed by atoms with Gasteiger partial charge in [-0.1, -0.05) is 11.6 Å². The zero-order valence-corrected chi connectivity index (χ0v) is 10.7. The van der Waals surface area contributed by atoms with Crippen LogP contribution in [0.25, 0.3) is 0 Å². The average Bonchev–Trinajstić information content (AvgIpc) is 2.78. The van der Waals surface area contributed by atoms with Crippen LogP contribution in [0.2, 0.25) is 5.15 Å². The number of nitrogens with one attached hydrogen (secondary N) is 1. The van der Waals surface area contributed by atoms with Crippen LogP contribution in [0.3, 0.4) is 0 Å². The summed E-state index contributed by atoms with van der Waals surface area (Å²) in [5.41, 5.74) is 0.843. The first kappa shape index (κ1) is 11.9. The first-order chi connectivity index (χ1) is 8.08. The highest BCUT2D eigenvalue weighted by Gasteiger charge is 2.12. The number of rotatable bonds is 3. The Kier molecular flexibility index (Phi) is 3.33. The van der Waals surface area contributed by atoms with Gasteiger partial charge in [-0.2, -0.15) is 0 Å². The molecule has 2 rings (SSSR count). The molecule has 2 aromatic heterocycles. The van der Waals surface area contributed by atoms with Gasteiger partial charge >= 0.3 is 0 Å². The topological polar surface area (TPSA) is 51.0 Å². The molecule has 0 spiro atoms. The van der Waals surface area contributed by atoms with E-state index in [4.69, 9.17) is 16.0 Å². The zero-order chi connectivity index (χ0) is 12.4. The molecular weight excluding hydrogens is 238 g/mol. The molecule has 0 aliphatic heterocycles. The van der Waals surface area contributed by atoms with Crippen molar-refractivity contribution in [3.8, 4) is 0 Å². The van der Waals surface area contributed by atoms with Crippen molar-refractivity contribution in [3.05, 3.63) is 40.7 Å². The first-order valence-electron chi connectivity index (χ1n) is 5.38. The van der Waals surface area contributed by atoms with Crippen LogP contribution >= 0.6 is 11.6 Å². The molecule has 5 heteroatoms. The van der Waals surface area contributed by atoms with Crippen LogP contribution in [-0.4, -0.2) is 9.97 Å². The lowest BCUT2D eigenvalue weighted by Crippen LogP contribution is -2.10. The molecule has 0 saturated heterocycles. The standard InChI is InChI=1S/C12H14ClN3O/c1-7-11(13)15-9(3)16-12(7)14-8(2)10-5-4-6-17-10/h4-6,8H,1-3H3,(H,14,15,16). The summed E-state index contributed by atoms with van der Waals surface area (Å²) in [5, 5.41) is 3.74. The van der Waals surface area contributed by atoms with Crippen molar-refractivity contribution in [1.82, 2.24) is 9.97 Å². The number of nitrogens with zero attached hydrogens (tertiary/aromatic N) is 2. The number of furan rings is 1. The van der Waals surface area contributed by atoms with Gasteiger partial charge in [0.1, 0.15) is 22.6 Å². The van der Waals surface area contributed by atoms with Gasteiger partial charge in [-0.3, -0.25) is 0 Å². The highest BCUT2D eigenvalue weighted by atomic mass is 35.5. The molecule has 1 unspecified atom stereocenters. The van der Waals surface area contributed by atoms with E-state index in [0.717, 1.165) is 17.1 Å². The maximum absolute atomic E-state index is 6.01. The first-order valence-corrected chi connectivity index (χ1v) is 5.76. The van der Waals surface area contributed by atoms with Crippen molar-refractivity contribution in [1.29, 1.82) is 0 Å². The van der Waals surface area contributed by atoms with Gasteiger partial charge in [-0.15, -0.1) is 0 Å². The molecule has 2 aromatic rings. The summed E-state index contributed by atoms with van der Waals surface area (Å²) in [7, 11) is 0. The lowest BCUT2D eigenvalue weighted by molar-refractivity contribution is 0.490. The average molecular weight is 252 g/mol. The van der Waals surface area contributed by atoms with Gasteiger partial charge in [-0.05, 0) is 32.9 Å². The van der Waals surface area contributed by atoms with E-state index in [1.165, 1.54) is 0 Å². The van der Waals surface area contributed by atoms with E-state index in [1.54, 1.807) is 6.26 Å². The number of anilines is 1. The molecular formula is C12H14ClN3O. The molecule has 0 fully saturated rings. The molecule has 0 aromatic carbocycles. The largest absolute Gasteiger partial charge is 0.467 e. The van der Waals surface area contributed by atoms with Crippen LogP contribution in [-0.2, 0) is 0 Å². The van der Waals surface area contributed by atoms with E-state index >= 15 is 0 Å². The lowest BCUT2D eigenvalue weighted by Gasteiger charge is -2.14. The minimum atomic E-state index is 0.0362. The molecule has 1 atom stereocenters. The van der Waals surface area contributed by atoms with Gasteiger partial charge in [-0.25, -0.2) is 9.97 Å². The second-order valence-corrected chi connectivity index (χ2v) is 4.27. The molecule has 0 radical (unpaired) electrons. The van der Waals surface area contributed by atoms with Gasteiger partial charge in [0.05, 0.1) is 12.3 Å². The fraction of sp³-hybridized carbons (Fsp3) is 0.333. The Labute approximate surface area is 105 Å². The third-order valence-electron chi connectivity index (χ3n) is 2.52. The SMILES string of the molecule is Cc1nc(Cl)c(C)c(NC(C)c2ccco2)n1. The van der Waals surface area contributed by atoms with Gasteiger partial charge in [0.2, 0.25) is 0 Å². The third-order valence-corrected chi connectivity index (χ3v) is 2.89. The Hall–Kier alpha value is -1.55.